The molecule has 4 rings (SSSR count). The van der Waals surface area contributed by atoms with Crippen LogP contribution in [0.25, 0.3) is 16.0 Å². The molecule has 0 fully saturated rings. The second kappa shape index (κ2) is 8.63. The molecular formula is C23H26N4O2S. The Labute approximate surface area is 180 Å². The van der Waals surface area contributed by atoms with Crippen LogP contribution < -0.4 is 0 Å². The van der Waals surface area contributed by atoms with Gasteiger partial charge in [-0.2, -0.15) is 5.10 Å². The van der Waals surface area contributed by atoms with E-state index in [1.54, 1.807) is 29.1 Å². The van der Waals surface area contributed by atoms with E-state index in [1.807, 2.05) is 38.2 Å². The smallest absolute Gasteiger partial charge is 0.153 e. The highest BCUT2D eigenvalue weighted by molar-refractivity contribution is 7.18. The van der Waals surface area contributed by atoms with Gasteiger partial charge < -0.3 is 9.84 Å². The predicted molar refractivity (Wildman–Crippen MR) is 119 cm³/mol. The number of aromatic nitrogens is 4. The molecule has 4 aromatic rings. The molecule has 0 aliphatic heterocycles. The van der Waals surface area contributed by atoms with Gasteiger partial charge in [-0.1, -0.05) is 19.1 Å². The fourth-order valence-corrected chi connectivity index (χ4v) is 4.22. The summed E-state index contributed by atoms with van der Waals surface area (Å²) in [5.41, 5.74) is 4.24. The van der Waals surface area contributed by atoms with Crippen molar-refractivity contribution in [3.05, 3.63) is 70.6 Å². The molecule has 0 spiro atoms. The van der Waals surface area contributed by atoms with E-state index >= 15 is 0 Å². The Morgan fingerprint density at radius 1 is 1.10 bits per heavy atom. The molecule has 0 aliphatic rings. The normalized spacial score (nSPS) is 14.7. The number of hydrogen-bond acceptors (Lipinski definition) is 6. The molecule has 0 bridgehead atoms. The second-order valence-electron chi connectivity index (χ2n) is 7.64. The third-order valence-corrected chi connectivity index (χ3v) is 6.07. The molecule has 0 radical (unpaired) electrons. The Balaban J connectivity index is 1.50. The van der Waals surface area contributed by atoms with E-state index < -0.39 is 6.10 Å². The van der Waals surface area contributed by atoms with E-state index in [1.165, 1.54) is 10.3 Å². The molecule has 3 heterocycles. The number of aliphatic hydroxyl groups is 1. The van der Waals surface area contributed by atoms with E-state index in [2.05, 4.69) is 35.1 Å². The lowest BCUT2D eigenvalue weighted by Gasteiger charge is -2.14. The van der Waals surface area contributed by atoms with Crippen LogP contribution in [0, 0.1) is 6.92 Å². The van der Waals surface area contributed by atoms with Crippen LogP contribution in [0.5, 0.6) is 0 Å². The van der Waals surface area contributed by atoms with Gasteiger partial charge in [0.2, 0.25) is 0 Å². The highest BCUT2D eigenvalue weighted by Gasteiger charge is 2.15. The van der Waals surface area contributed by atoms with E-state index in [0.29, 0.717) is 6.61 Å². The lowest BCUT2D eigenvalue weighted by Crippen LogP contribution is -2.13. The van der Waals surface area contributed by atoms with Crippen molar-refractivity contribution >= 4 is 21.6 Å². The number of hydrogen-bond donors (Lipinski definition) is 1. The Morgan fingerprint density at radius 2 is 1.90 bits per heavy atom. The highest BCUT2D eigenvalue weighted by atomic mass is 32.1. The van der Waals surface area contributed by atoms with Gasteiger partial charge in [-0.3, -0.25) is 0 Å². The van der Waals surface area contributed by atoms with E-state index in [4.69, 9.17) is 9.84 Å². The van der Waals surface area contributed by atoms with Crippen LogP contribution in [-0.2, 0) is 4.74 Å². The van der Waals surface area contributed by atoms with Crippen LogP contribution in [0.15, 0.2) is 48.8 Å². The molecule has 0 saturated heterocycles. The summed E-state index contributed by atoms with van der Waals surface area (Å²) in [6, 6.07) is 12.4. The molecule has 1 aromatic carbocycles. The van der Waals surface area contributed by atoms with Gasteiger partial charge in [0.25, 0.3) is 0 Å². The first-order valence-corrected chi connectivity index (χ1v) is 10.9. The summed E-state index contributed by atoms with van der Waals surface area (Å²) < 4.78 is 8.64. The Kier molecular flexibility index (Phi) is 5.94. The first kappa shape index (κ1) is 20.7. The summed E-state index contributed by atoms with van der Waals surface area (Å²) in [5, 5.41) is 15.2. The third-order valence-electron chi connectivity index (χ3n) is 5.14. The minimum absolute atomic E-state index is 0.125. The molecule has 0 amide bonds. The van der Waals surface area contributed by atoms with Crippen molar-refractivity contribution in [3.8, 4) is 5.82 Å². The molecule has 30 heavy (non-hydrogen) atoms. The lowest BCUT2D eigenvalue weighted by molar-refractivity contribution is 0.00436. The molecule has 6 nitrogen and oxygen atoms in total. The summed E-state index contributed by atoms with van der Waals surface area (Å²) in [4.78, 5) is 9.08. The van der Waals surface area contributed by atoms with Crippen LogP contribution in [0.3, 0.4) is 0 Å². The van der Waals surface area contributed by atoms with Crippen LogP contribution in [0.4, 0.5) is 0 Å². The van der Waals surface area contributed by atoms with Crippen molar-refractivity contribution in [2.75, 3.05) is 6.61 Å². The molecule has 7 heteroatoms. The van der Waals surface area contributed by atoms with Crippen molar-refractivity contribution in [1.29, 1.82) is 0 Å². The topological polar surface area (TPSA) is 73.1 Å². The quantitative estimate of drug-likeness (QED) is 0.463. The van der Waals surface area contributed by atoms with Crippen molar-refractivity contribution in [3.63, 3.8) is 0 Å². The van der Waals surface area contributed by atoms with Gasteiger partial charge in [0.05, 0.1) is 39.7 Å². The molecular weight excluding hydrogens is 396 g/mol. The maximum absolute atomic E-state index is 9.37. The minimum atomic E-state index is -0.481. The summed E-state index contributed by atoms with van der Waals surface area (Å²) >= 11 is 1.72. The molecule has 156 valence electrons. The first-order valence-electron chi connectivity index (χ1n) is 10.1. The van der Waals surface area contributed by atoms with Gasteiger partial charge in [0.1, 0.15) is 0 Å². The summed E-state index contributed by atoms with van der Waals surface area (Å²) in [6.45, 7) is 8.17. The molecule has 0 saturated carbocycles. The fourth-order valence-electron chi connectivity index (χ4n) is 3.35. The van der Waals surface area contributed by atoms with Crippen LogP contribution in [0.2, 0.25) is 0 Å². The van der Waals surface area contributed by atoms with Crippen molar-refractivity contribution in [2.45, 2.75) is 45.8 Å². The number of aryl methyl sites for hydroxylation is 1. The number of nitrogens with zero attached hydrogens (tertiary/aromatic N) is 4. The van der Waals surface area contributed by atoms with Crippen molar-refractivity contribution in [2.24, 2.45) is 0 Å². The SMILES string of the molecule is Cc1nc2ccc(C(C)c3ccn(-c4ccc(C(C)OCC(C)O)cn4)n3)cc2s1. The summed E-state index contributed by atoms with van der Waals surface area (Å²) in [5.74, 6) is 0.930. The zero-order chi connectivity index (χ0) is 21.3. The van der Waals surface area contributed by atoms with Gasteiger partial charge in [-0.15, -0.1) is 11.3 Å². The Hall–Kier alpha value is -2.61. The van der Waals surface area contributed by atoms with Crippen LogP contribution in [0.1, 0.15) is 54.6 Å². The highest BCUT2D eigenvalue weighted by Crippen LogP contribution is 2.29. The zero-order valence-corrected chi connectivity index (χ0v) is 18.4. The molecule has 0 aliphatic carbocycles. The summed E-state index contributed by atoms with van der Waals surface area (Å²) in [7, 11) is 0. The Bertz CT molecular complexity index is 1130. The monoisotopic (exact) mass is 422 g/mol. The van der Waals surface area contributed by atoms with E-state index in [-0.39, 0.29) is 12.0 Å². The largest absolute Gasteiger partial charge is 0.391 e. The maximum atomic E-state index is 9.37. The molecule has 1 N–H and O–H groups in total. The molecule has 3 unspecified atom stereocenters. The number of fused-ring (bicyclic) bond motifs is 1. The molecule has 3 atom stereocenters. The van der Waals surface area contributed by atoms with Crippen molar-refractivity contribution in [1.82, 2.24) is 19.7 Å². The van der Waals surface area contributed by atoms with Crippen LogP contribution in [-0.4, -0.2) is 37.6 Å². The zero-order valence-electron chi connectivity index (χ0n) is 17.6. The Morgan fingerprint density at radius 3 is 2.63 bits per heavy atom. The molecule has 3 aromatic heterocycles. The number of thiazole rings is 1. The number of ether oxygens (including phenoxy) is 1. The number of rotatable bonds is 7. The minimum Gasteiger partial charge on any atom is -0.391 e. The van der Waals surface area contributed by atoms with Gasteiger partial charge in [0.15, 0.2) is 5.82 Å². The summed E-state index contributed by atoms with van der Waals surface area (Å²) in [6.07, 6.45) is 3.13. The lowest BCUT2D eigenvalue weighted by atomic mass is 9.98. The van der Waals surface area contributed by atoms with Crippen LogP contribution >= 0.6 is 11.3 Å². The maximum Gasteiger partial charge on any atom is 0.153 e. The van der Waals surface area contributed by atoms with Gasteiger partial charge in [-0.05, 0) is 56.2 Å². The number of aliphatic hydroxyl groups excluding tert-OH is 1. The second-order valence-corrected chi connectivity index (χ2v) is 8.88. The van der Waals surface area contributed by atoms with Gasteiger partial charge in [-0.25, -0.2) is 14.6 Å². The standard InChI is InChI=1S/C23H26N4O2S/c1-14(28)13-29-16(3)19-6-8-23(24-12-19)27-10-9-20(26-27)15(2)18-5-7-21-22(11-18)30-17(4)25-21/h5-12,14-16,28H,13H2,1-4H3. The van der Waals surface area contributed by atoms with E-state index in [0.717, 1.165) is 27.6 Å². The number of benzene rings is 1. The number of pyridine rings is 1. The third kappa shape index (κ3) is 4.43. The van der Waals surface area contributed by atoms with Gasteiger partial charge in [0, 0.05) is 18.3 Å². The average molecular weight is 423 g/mol. The predicted octanol–water partition coefficient (Wildman–Crippen LogP) is 4.80. The average Bonchev–Trinajstić information content (AvgIpc) is 3.37. The van der Waals surface area contributed by atoms with E-state index in [9.17, 15) is 5.11 Å². The fraction of sp³-hybridized carbons (Fsp3) is 0.348. The van der Waals surface area contributed by atoms with Gasteiger partial charge >= 0.3 is 0 Å². The first-order chi connectivity index (χ1) is 14.4. The van der Waals surface area contributed by atoms with Crippen molar-refractivity contribution < 1.29 is 9.84 Å².